The Bertz CT molecular complexity index is 1500. The summed E-state index contributed by atoms with van der Waals surface area (Å²) in [7, 11) is 1.60. The summed E-state index contributed by atoms with van der Waals surface area (Å²) >= 11 is 20.3. The highest BCUT2D eigenvalue weighted by molar-refractivity contribution is 8.26. The number of ether oxygens (including phenoxy) is 2. The molecular weight excluding hydrogens is 621 g/mol. The molecule has 1 saturated heterocycles. The Hall–Kier alpha value is -2.63. The van der Waals surface area contributed by atoms with Crippen LogP contribution < -0.4 is 14.8 Å². The van der Waals surface area contributed by atoms with Crippen molar-refractivity contribution in [3.05, 3.63) is 73.5 Å². The number of halogens is 2. The zero-order valence-corrected chi connectivity index (χ0v) is 26.1. The molecule has 1 aliphatic heterocycles. The molecule has 0 radical (unpaired) electrons. The number of methoxy groups -OCH3 is 1. The first-order valence-corrected chi connectivity index (χ1v) is 15.9. The average Bonchev–Trinajstić information content (AvgIpc) is 3.51. The summed E-state index contributed by atoms with van der Waals surface area (Å²) in [5.74, 6) is 0.587. The van der Waals surface area contributed by atoms with Gasteiger partial charge in [-0.15, -0.1) is 11.3 Å². The van der Waals surface area contributed by atoms with Gasteiger partial charge in [0, 0.05) is 17.5 Å². The Kier molecular flexibility index (Phi) is 9.87. The first-order valence-electron chi connectivity index (χ1n) is 13.1. The molecule has 1 aromatic heterocycles. The van der Waals surface area contributed by atoms with Gasteiger partial charge in [0.05, 0.1) is 28.2 Å². The molecule has 2 aromatic carbocycles. The van der Waals surface area contributed by atoms with Crippen LogP contribution in [-0.4, -0.2) is 45.8 Å². The standard InChI is InChI=1S/C29H27Cl2N3O4S3/c1-37-23-12-17(10-11-22(23)38-19-7-3-2-4-8-19)13-24-27(36)34(29(39)41-24)16-25(35)33-28-32-15-20(40-28)14-18-6-5-9-21(30)26(18)31/h5-6,9-13,15,19H,2-4,7-8,14,16H2,1H3,(H,32,33,35)/b24-13-. The van der Waals surface area contributed by atoms with Crippen molar-refractivity contribution in [2.24, 2.45) is 0 Å². The van der Waals surface area contributed by atoms with Gasteiger partial charge in [0.1, 0.15) is 10.9 Å². The number of hydrogen-bond donors (Lipinski definition) is 1. The molecule has 5 rings (SSSR count). The van der Waals surface area contributed by atoms with Gasteiger partial charge in [0.2, 0.25) is 5.91 Å². The van der Waals surface area contributed by atoms with Crippen molar-refractivity contribution in [2.75, 3.05) is 19.0 Å². The molecular formula is C29H27Cl2N3O4S3. The van der Waals surface area contributed by atoms with E-state index in [4.69, 9.17) is 44.9 Å². The molecule has 0 unspecified atom stereocenters. The number of thioether (sulfide) groups is 1. The Morgan fingerprint density at radius 3 is 2.78 bits per heavy atom. The second-order valence-electron chi connectivity index (χ2n) is 9.63. The van der Waals surface area contributed by atoms with Crippen molar-refractivity contribution >= 4 is 85.9 Å². The topological polar surface area (TPSA) is 80.8 Å². The van der Waals surface area contributed by atoms with Crippen molar-refractivity contribution in [3.8, 4) is 11.5 Å². The fourth-order valence-electron chi connectivity index (χ4n) is 4.64. The van der Waals surface area contributed by atoms with Crippen LogP contribution >= 0.6 is 58.5 Å². The maximum absolute atomic E-state index is 13.1. The number of aromatic nitrogens is 1. The Labute approximate surface area is 262 Å². The van der Waals surface area contributed by atoms with Crippen molar-refractivity contribution in [1.29, 1.82) is 0 Å². The Balaban J connectivity index is 1.20. The zero-order chi connectivity index (χ0) is 28.9. The number of nitrogens with one attached hydrogen (secondary N) is 1. The van der Waals surface area contributed by atoms with Crippen LogP contribution in [0.3, 0.4) is 0 Å². The lowest BCUT2D eigenvalue weighted by Gasteiger charge is -2.24. The van der Waals surface area contributed by atoms with Crippen molar-refractivity contribution in [2.45, 2.75) is 44.6 Å². The molecule has 3 aromatic rings. The van der Waals surface area contributed by atoms with Crippen LogP contribution in [0.2, 0.25) is 10.0 Å². The van der Waals surface area contributed by atoms with Gasteiger partial charge in [-0.05, 0) is 61.1 Å². The zero-order valence-electron chi connectivity index (χ0n) is 22.2. The Morgan fingerprint density at radius 1 is 1.20 bits per heavy atom. The van der Waals surface area contributed by atoms with E-state index in [0.717, 1.165) is 40.6 Å². The molecule has 1 N–H and O–H groups in total. The van der Waals surface area contributed by atoms with Crippen LogP contribution in [0.5, 0.6) is 11.5 Å². The lowest BCUT2D eigenvalue weighted by Crippen LogP contribution is -2.36. The molecule has 0 bridgehead atoms. The van der Waals surface area contributed by atoms with Crippen LogP contribution in [0.25, 0.3) is 6.08 Å². The molecule has 41 heavy (non-hydrogen) atoms. The lowest BCUT2D eigenvalue weighted by molar-refractivity contribution is -0.126. The van der Waals surface area contributed by atoms with Gasteiger partial charge >= 0.3 is 0 Å². The molecule has 12 heteroatoms. The number of amides is 2. The van der Waals surface area contributed by atoms with Crippen LogP contribution in [0.1, 0.15) is 48.1 Å². The van der Waals surface area contributed by atoms with E-state index in [0.29, 0.717) is 42.3 Å². The normalized spacial score (nSPS) is 16.9. The van der Waals surface area contributed by atoms with Gasteiger partial charge < -0.3 is 14.8 Å². The van der Waals surface area contributed by atoms with Crippen LogP contribution in [0.15, 0.2) is 47.5 Å². The molecule has 7 nitrogen and oxygen atoms in total. The summed E-state index contributed by atoms with van der Waals surface area (Å²) in [5, 5.41) is 4.16. The first kappa shape index (κ1) is 29.8. The van der Waals surface area contributed by atoms with E-state index < -0.39 is 5.91 Å². The molecule has 2 heterocycles. The van der Waals surface area contributed by atoms with Gasteiger partial charge in [0.15, 0.2) is 16.6 Å². The SMILES string of the molecule is COc1cc(/C=C2\SC(=S)N(CC(=O)Nc3ncc(Cc4cccc(Cl)c4Cl)s3)C2=O)ccc1OC1CCCCC1. The van der Waals surface area contributed by atoms with E-state index >= 15 is 0 Å². The summed E-state index contributed by atoms with van der Waals surface area (Å²) in [6.45, 7) is -0.214. The van der Waals surface area contributed by atoms with Gasteiger partial charge in [-0.1, -0.05) is 71.8 Å². The number of thiazole rings is 1. The fourth-order valence-corrected chi connectivity index (χ4v) is 7.14. The van der Waals surface area contributed by atoms with E-state index in [1.807, 2.05) is 30.3 Å². The quantitative estimate of drug-likeness (QED) is 0.189. The molecule has 2 fully saturated rings. The van der Waals surface area contributed by atoms with Gasteiger partial charge in [0.25, 0.3) is 5.91 Å². The number of carbonyl (C=O) groups is 2. The first-order chi connectivity index (χ1) is 19.8. The molecule has 2 amide bonds. The van der Waals surface area contributed by atoms with E-state index in [-0.39, 0.29) is 18.6 Å². The largest absolute Gasteiger partial charge is 0.493 e. The second-order valence-corrected chi connectivity index (χ2v) is 13.2. The molecule has 0 atom stereocenters. The minimum Gasteiger partial charge on any atom is -0.493 e. The summed E-state index contributed by atoms with van der Waals surface area (Å²) in [6.07, 6.45) is 9.85. The van der Waals surface area contributed by atoms with Gasteiger partial charge in [-0.3, -0.25) is 14.5 Å². The summed E-state index contributed by atoms with van der Waals surface area (Å²) in [5.41, 5.74) is 1.65. The van der Waals surface area contributed by atoms with E-state index in [9.17, 15) is 9.59 Å². The van der Waals surface area contributed by atoms with E-state index in [2.05, 4.69) is 10.3 Å². The van der Waals surface area contributed by atoms with Gasteiger partial charge in [-0.2, -0.15) is 0 Å². The minimum atomic E-state index is -0.393. The highest BCUT2D eigenvalue weighted by Crippen LogP contribution is 2.36. The van der Waals surface area contributed by atoms with Crippen molar-refractivity contribution < 1.29 is 19.1 Å². The van der Waals surface area contributed by atoms with Gasteiger partial charge in [-0.25, -0.2) is 4.98 Å². The molecule has 1 aliphatic carbocycles. The summed E-state index contributed by atoms with van der Waals surface area (Å²) in [6, 6.07) is 11.1. The average molecular weight is 649 g/mol. The third-order valence-electron chi connectivity index (χ3n) is 6.70. The number of anilines is 1. The molecule has 0 spiro atoms. The summed E-state index contributed by atoms with van der Waals surface area (Å²) < 4.78 is 12.1. The highest BCUT2D eigenvalue weighted by Gasteiger charge is 2.33. The molecule has 1 saturated carbocycles. The highest BCUT2D eigenvalue weighted by atomic mass is 35.5. The smallest absolute Gasteiger partial charge is 0.266 e. The second kappa shape index (κ2) is 13.6. The van der Waals surface area contributed by atoms with Crippen LogP contribution in [0.4, 0.5) is 5.13 Å². The predicted octanol–water partition coefficient (Wildman–Crippen LogP) is 7.60. The van der Waals surface area contributed by atoms with Crippen molar-refractivity contribution in [3.63, 3.8) is 0 Å². The third-order valence-corrected chi connectivity index (χ3v) is 9.85. The maximum Gasteiger partial charge on any atom is 0.266 e. The predicted molar refractivity (Wildman–Crippen MR) is 170 cm³/mol. The Morgan fingerprint density at radius 2 is 2.00 bits per heavy atom. The molecule has 2 aliphatic rings. The number of carbonyl (C=O) groups excluding carboxylic acids is 2. The fraction of sp³-hybridized carbons (Fsp3) is 0.310. The monoisotopic (exact) mass is 647 g/mol. The number of thiocarbonyl (C=S) groups is 1. The van der Waals surface area contributed by atoms with E-state index in [1.54, 1.807) is 25.4 Å². The van der Waals surface area contributed by atoms with Crippen LogP contribution in [0, 0.1) is 0 Å². The number of hydrogen-bond acceptors (Lipinski definition) is 8. The molecule has 214 valence electrons. The lowest BCUT2D eigenvalue weighted by atomic mass is 9.98. The minimum absolute atomic E-state index is 0.198. The van der Waals surface area contributed by atoms with E-state index in [1.165, 1.54) is 35.5 Å². The number of benzene rings is 2. The van der Waals surface area contributed by atoms with Crippen molar-refractivity contribution in [1.82, 2.24) is 9.88 Å². The number of rotatable bonds is 9. The third kappa shape index (κ3) is 7.42. The maximum atomic E-state index is 13.1. The summed E-state index contributed by atoms with van der Waals surface area (Å²) in [4.78, 5) is 32.8. The number of nitrogens with zero attached hydrogens (tertiary/aromatic N) is 2. The van der Waals surface area contributed by atoms with Crippen LogP contribution in [-0.2, 0) is 16.0 Å².